The number of rotatable bonds is 7. The van der Waals surface area contributed by atoms with Gasteiger partial charge in [-0.25, -0.2) is 4.79 Å². The van der Waals surface area contributed by atoms with Gasteiger partial charge in [0.25, 0.3) is 11.5 Å². The van der Waals surface area contributed by atoms with E-state index in [0.717, 1.165) is 0 Å². The highest BCUT2D eigenvalue weighted by Gasteiger charge is 2.27. The van der Waals surface area contributed by atoms with Gasteiger partial charge >= 0.3 is 5.69 Å². The molecule has 1 amide bonds. The fourth-order valence-corrected chi connectivity index (χ4v) is 4.29. The first kappa shape index (κ1) is 25.2. The second-order valence-electron chi connectivity index (χ2n) is 8.74. The molecule has 0 bridgehead atoms. The second-order valence-corrected chi connectivity index (χ2v) is 8.74. The summed E-state index contributed by atoms with van der Waals surface area (Å²) < 4.78 is 19.0. The monoisotopic (exact) mass is 474 g/mol. The third-order valence-corrected chi connectivity index (χ3v) is 5.98. The van der Waals surface area contributed by atoms with Gasteiger partial charge in [-0.1, -0.05) is 0 Å². The zero-order valence-electron chi connectivity index (χ0n) is 21.0. The highest BCUT2D eigenvalue weighted by molar-refractivity contribution is 5.95. The number of piperazine rings is 1. The molecule has 0 atom stereocenters. The van der Waals surface area contributed by atoms with Gasteiger partial charge in [0, 0.05) is 49.9 Å². The van der Waals surface area contributed by atoms with Crippen molar-refractivity contribution in [2.45, 2.75) is 39.8 Å². The number of anilines is 1. The van der Waals surface area contributed by atoms with Gasteiger partial charge in [0.2, 0.25) is 5.75 Å². The third kappa shape index (κ3) is 4.62. The lowest BCUT2D eigenvalue weighted by atomic mass is 10.1. The number of aromatic nitrogens is 2. The molecule has 1 aliphatic rings. The molecular weight excluding hydrogens is 440 g/mol. The van der Waals surface area contributed by atoms with Crippen molar-refractivity contribution in [1.82, 2.24) is 14.0 Å². The lowest BCUT2D eigenvalue weighted by Gasteiger charge is -2.37. The molecule has 1 fully saturated rings. The van der Waals surface area contributed by atoms with Crippen LogP contribution in [0.4, 0.5) is 5.82 Å². The van der Waals surface area contributed by atoms with Gasteiger partial charge in [-0.15, -0.1) is 0 Å². The molecule has 0 spiro atoms. The molecule has 0 saturated carbocycles. The predicted molar refractivity (Wildman–Crippen MR) is 130 cm³/mol. The fraction of sp³-hybridized carbons (Fsp3) is 0.542. The minimum atomic E-state index is -0.317. The van der Waals surface area contributed by atoms with Gasteiger partial charge in [-0.3, -0.25) is 18.7 Å². The topological polar surface area (TPSA) is 95.2 Å². The van der Waals surface area contributed by atoms with Crippen LogP contribution in [0.5, 0.6) is 17.2 Å². The van der Waals surface area contributed by atoms with E-state index in [1.54, 1.807) is 21.6 Å². The van der Waals surface area contributed by atoms with Crippen LogP contribution in [0.15, 0.2) is 27.8 Å². The minimum Gasteiger partial charge on any atom is -0.493 e. The van der Waals surface area contributed by atoms with Gasteiger partial charge in [-0.2, -0.15) is 0 Å². The smallest absolute Gasteiger partial charge is 0.333 e. The molecule has 1 saturated heterocycles. The summed E-state index contributed by atoms with van der Waals surface area (Å²) in [4.78, 5) is 42.7. The van der Waals surface area contributed by atoms with Crippen molar-refractivity contribution in [3.63, 3.8) is 0 Å². The quantitative estimate of drug-likeness (QED) is 0.607. The number of methoxy groups -OCH3 is 3. The maximum Gasteiger partial charge on any atom is 0.333 e. The maximum absolute atomic E-state index is 13.2. The number of carbonyl (C=O) groups is 1. The minimum absolute atomic E-state index is 0.119. The van der Waals surface area contributed by atoms with Crippen LogP contribution >= 0.6 is 0 Å². The Balaban J connectivity index is 1.86. The maximum atomic E-state index is 13.2. The summed E-state index contributed by atoms with van der Waals surface area (Å²) >= 11 is 0. The summed E-state index contributed by atoms with van der Waals surface area (Å²) in [6.45, 7) is 9.35. The van der Waals surface area contributed by atoms with E-state index < -0.39 is 0 Å². The number of hydrogen-bond donors (Lipinski definition) is 0. The Bertz CT molecular complexity index is 1130. The molecule has 1 aromatic heterocycles. The van der Waals surface area contributed by atoms with Crippen molar-refractivity contribution < 1.29 is 19.0 Å². The molecule has 0 unspecified atom stereocenters. The van der Waals surface area contributed by atoms with Gasteiger partial charge in [0.15, 0.2) is 11.5 Å². The number of nitrogens with zero attached hydrogens (tertiary/aromatic N) is 4. The van der Waals surface area contributed by atoms with Crippen LogP contribution in [0.2, 0.25) is 0 Å². The predicted octanol–water partition coefficient (Wildman–Crippen LogP) is 2.16. The molecule has 1 aromatic carbocycles. The van der Waals surface area contributed by atoms with Crippen LogP contribution in [-0.2, 0) is 0 Å². The molecule has 10 nitrogen and oxygen atoms in total. The molecule has 186 valence electrons. The number of ether oxygens (including phenoxy) is 3. The third-order valence-electron chi connectivity index (χ3n) is 5.98. The molecule has 2 aromatic rings. The number of amides is 1. The molecule has 34 heavy (non-hydrogen) atoms. The van der Waals surface area contributed by atoms with E-state index in [2.05, 4.69) is 0 Å². The first-order valence-corrected chi connectivity index (χ1v) is 11.4. The Morgan fingerprint density at radius 1 is 0.794 bits per heavy atom. The molecule has 3 rings (SSSR count). The molecule has 1 aliphatic heterocycles. The molecule has 0 radical (unpaired) electrons. The van der Waals surface area contributed by atoms with Crippen LogP contribution in [0, 0.1) is 0 Å². The van der Waals surface area contributed by atoms with E-state index in [9.17, 15) is 14.4 Å². The number of carbonyl (C=O) groups excluding carboxylic acids is 1. The first-order valence-electron chi connectivity index (χ1n) is 11.4. The largest absolute Gasteiger partial charge is 0.493 e. The Hall–Kier alpha value is -3.43. The number of hydrogen-bond acceptors (Lipinski definition) is 7. The second kappa shape index (κ2) is 10.2. The van der Waals surface area contributed by atoms with Crippen molar-refractivity contribution in [2.24, 2.45) is 0 Å². The summed E-state index contributed by atoms with van der Waals surface area (Å²) in [5.41, 5.74) is -0.201. The van der Waals surface area contributed by atoms with Crippen molar-refractivity contribution in [3.05, 3.63) is 44.6 Å². The fourth-order valence-electron chi connectivity index (χ4n) is 4.29. The van der Waals surface area contributed by atoms with Gasteiger partial charge in [0.05, 0.1) is 21.3 Å². The summed E-state index contributed by atoms with van der Waals surface area (Å²) in [6, 6.07) is 4.45. The highest BCUT2D eigenvalue weighted by atomic mass is 16.5. The van der Waals surface area contributed by atoms with E-state index in [-0.39, 0.29) is 29.2 Å². The average molecular weight is 475 g/mol. The van der Waals surface area contributed by atoms with E-state index in [1.165, 1.54) is 32.0 Å². The number of benzene rings is 1. The molecule has 0 N–H and O–H groups in total. The van der Waals surface area contributed by atoms with Crippen molar-refractivity contribution >= 4 is 11.7 Å². The van der Waals surface area contributed by atoms with Gasteiger partial charge in [0.1, 0.15) is 5.82 Å². The zero-order chi connectivity index (χ0) is 25.2. The van der Waals surface area contributed by atoms with E-state index in [1.807, 2.05) is 32.6 Å². The SMILES string of the molecule is COc1cc(C(=O)N2CCN(c3cc(=O)n(C(C)C)c(=O)n3C(C)C)CC2)cc(OC)c1OC. The Morgan fingerprint density at radius 2 is 1.32 bits per heavy atom. The standard InChI is InChI=1S/C24H34N4O6/c1-15(2)27-20(14-21(29)28(16(3)4)24(27)31)25-8-10-26(11-9-25)23(30)17-12-18(32-5)22(34-7)19(13-17)33-6/h12-16H,8-11H2,1-7H3. The molecule has 10 heteroatoms. The Morgan fingerprint density at radius 3 is 1.76 bits per heavy atom. The highest BCUT2D eigenvalue weighted by Crippen LogP contribution is 2.38. The summed E-state index contributed by atoms with van der Waals surface area (Å²) in [7, 11) is 4.52. The normalized spacial score (nSPS) is 14.0. The summed E-state index contributed by atoms with van der Waals surface area (Å²) in [6.07, 6.45) is 0. The van der Waals surface area contributed by atoms with E-state index in [4.69, 9.17) is 14.2 Å². The van der Waals surface area contributed by atoms with E-state index >= 15 is 0 Å². The van der Waals surface area contributed by atoms with Crippen LogP contribution < -0.4 is 30.4 Å². The van der Waals surface area contributed by atoms with Crippen molar-refractivity contribution in [2.75, 3.05) is 52.4 Å². The van der Waals surface area contributed by atoms with Crippen LogP contribution in [0.25, 0.3) is 0 Å². The summed E-state index contributed by atoms with van der Waals surface area (Å²) in [5.74, 6) is 1.68. The first-order chi connectivity index (χ1) is 16.1. The van der Waals surface area contributed by atoms with Crippen LogP contribution in [-0.4, -0.2) is 67.4 Å². The lowest BCUT2D eigenvalue weighted by molar-refractivity contribution is 0.0745. The van der Waals surface area contributed by atoms with Crippen LogP contribution in [0.3, 0.4) is 0 Å². The lowest BCUT2D eigenvalue weighted by Crippen LogP contribution is -2.51. The zero-order valence-corrected chi connectivity index (χ0v) is 21.0. The van der Waals surface area contributed by atoms with Gasteiger partial charge in [-0.05, 0) is 39.8 Å². The Kier molecular flexibility index (Phi) is 7.58. The molecule has 0 aliphatic carbocycles. The molecular formula is C24H34N4O6. The van der Waals surface area contributed by atoms with Crippen molar-refractivity contribution in [1.29, 1.82) is 0 Å². The summed E-state index contributed by atoms with van der Waals surface area (Å²) in [5, 5.41) is 0. The van der Waals surface area contributed by atoms with Gasteiger partial charge < -0.3 is 24.0 Å². The molecule has 2 heterocycles. The Labute approximate surface area is 199 Å². The van der Waals surface area contributed by atoms with E-state index in [0.29, 0.717) is 54.8 Å². The van der Waals surface area contributed by atoms with Crippen LogP contribution in [0.1, 0.15) is 50.1 Å². The van der Waals surface area contributed by atoms with Crippen molar-refractivity contribution in [3.8, 4) is 17.2 Å². The average Bonchev–Trinajstić information content (AvgIpc) is 2.81.